The third-order valence-electron chi connectivity index (χ3n) is 2.72. The maximum Gasteiger partial charge on any atom is 0.496 e. The maximum absolute atomic E-state index is 10.5. The van der Waals surface area contributed by atoms with Gasteiger partial charge in [0.25, 0.3) is 0 Å². The van der Waals surface area contributed by atoms with Gasteiger partial charge in [-0.25, -0.2) is 0 Å². The molecule has 0 saturated carbocycles. The number of benzene rings is 1. The first-order valence-corrected chi connectivity index (χ1v) is 5.93. The highest BCUT2D eigenvalue weighted by Crippen LogP contribution is 2.32. The largest absolute Gasteiger partial charge is 0.496 e. The van der Waals surface area contributed by atoms with E-state index in [1.807, 2.05) is 0 Å². The number of fused-ring (bicyclic) bond motifs is 1. The first kappa shape index (κ1) is 14.1. The number of rotatable bonds is 5. The number of nitro groups is 1. The van der Waals surface area contributed by atoms with Crippen molar-refractivity contribution < 1.29 is 24.4 Å². The van der Waals surface area contributed by atoms with Crippen LogP contribution in [-0.4, -0.2) is 41.9 Å². The molecule has 7 nitrogen and oxygen atoms in total. The van der Waals surface area contributed by atoms with Crippen LogP contribution in [0.2, 0.25) is 5.02 Å². The number of aliphatic hydroxyl groups excluding tert-OH is 1. The third kappa shape index (κ3) is 2.81. The van der Waals surface area contributed by atoms with Crippen LogP contribution in [0.4, 0.5) is 0 Å². The van der Waals surface area contributed by atoms with Crippen molar-refractivity contribution in [3.8, 4) is 5.75 Å². The minimum atomic E-state index is -1.33. The quantitative estimate of drug-likeness (QED) is 0.440. The Morgan fingerprint density at radius 3 is 2.95 bits per heavy atom. The Hall–Kier alpha value is -1.35. The molecule has 1 aromatic carbocycles. The minimum absolute atomic E-state index is 0.00277. The van der Waals surface area contributed by atoms with Gasteiger partial charge >= 0.3 is 7.12 Å². The Balaban J connectivity index is 2.37. The molecule has 0 fully saturated rings. The number of aliphatic hydroxyl groups is 1. The van der Waals surface area contributed by atoms with Gasteiger partial charge in [-0.1, -0.05) is 17.7 Å². The Kier molecular flexibility index (Phi) is 4.26. The highest BCUT2D eigenvalue weighted by molar-refractivity contribution is 6.63. The van der Waals surface area contributed by atoms with Gasteiger partial charge in [-0.3, -0.25) is 10.1 Å². The lowest BCUT2D eigenvalue weighted by Gasteiger charge is -2.12. The Morgan fingerprint density at radius 1 is 1.58 bits per heavy atom. The van der Waals surface area contributed by atoms with Crippen LogP contribution >= 0.6 is 11.6 Å². The van der Waals surface area contributed by atoms with Crippen LogP contribution in [0.3, 0.4) is 0 Å². The smallest absolute Gasteiger partial charge is 0.490 e. The van der Waals surface area contributed by atoms with Crippen molar-refractivity contribution in [3.63, 3.8) is 0 Å². The zero-order valence-corrected chi connectivity index (χ0v) is 10.5. The van der Waals surface area contributed by atoms with Crippen molar-refractivity contribution in [2.75, 3.05) is 19.8 Å². The molecule has 0 spiro atoms. The van der Waals surface area contributed by atoms with Gasteiger partial charge in [-0.05, 0) is 11.6 Å². The zero-order chi connectivity index (χ0) is 14.0. The molecule has 9 heteroatoms. The fourth-order valence-electron chi connectivity index (χ4n) is 1.99. The van der Waals surface area contributed by atoms with E-state index in [9.17, 15) is 15.1 Å². The predicted molar refractivity (Wildman–Crippen MR) is 67.3 cm³/mol. The molecule has 1 unspecified atom stereocenters. The summed E-state index contributed by atoms with van der Waals surface area (Å²) in [4.78, 5) is 10.0. The highest BCUT2D eigenvalue weighted by Gasteiger charge is 2.41. The van der Waals surface area contributed by atoms with Crippen molar-refractivity contribution in [2.45, 2.75) is 6.10 Å². The molecule has 1 aliphatic rings. The van der Waals surface area contributed by atoms with Crippen molar-refractivity contribution in [1.29, 1.82) is 0 Å². The number of nitrogens with zero attached hydrogens (tertiary/aromatic N) is 1. The molecule has 102 valence electrons. The molecule has 0 saturated heterocycles. The Labute approximate surface area is 114 Å². The third-order valence-corrected chi connectivity index (χ3v) is 3.02. The number of hydrogen-bond donors (Lipinski definition) is 2. The van der Waals surface area contributed by atoms with Crippen molar-refractivity contribution >= 4 is 24.2 Å². The molecule has 0 bridgehead atoms. The van der Waals surface area contributed by atoms with Crippen molar-refractivity contribution in [1.82, 2.24) is 0 Å². The maximum atomic E-state index is 10.5. The van der Waals surface area contributed by atoms with Crippen LogP contribution in [0.5, 0.6) is 5.75 Å². The summed E-state index contributed by atoms with van der Waals surface area (Å²) in [7, 11) is -1.33. The fraction of sp³-hybridized carbons (Fsp3) is 0.400. The average molecular weight is 287 g/mol. The summed E-state index contributed by atoms with van der Waals surface area (Å²) in [6.07, 6.45) is -0.839. The molecular formula is C10H11BClNO6. The van der Waals surface area contributed by atoms with Crippen LogP contribution in [0.1, 0.15) is 11.7 Å². The summed E-state index contributed by atoms with van der Waals surface area (Å²) >= 11 is 5.96. The molecular weight excluding hydrogens is 276 g/mol. The van der Waals surface area contributed by atoms with E-state index in [1.165, 1.54) is 6.07 Å². The SMILES string of the molecule is O=[N+]([O-])CC1OB(O)c2c1ccc(Cl)c2OCCO. The monoisotopic (exact) mass is 287 g/mol. The van der Waals surface area contributed by atoms with E-state index in [2.05, 4.69) is 0 Å². The second-order valence-corrected chi connectivity index (χ2v) is 4.35. The van der Waals surface area contributed by atoms with Crippen molar-refractivity contribution in [2.24, 2.45) is 0 Å². The van der Waals surface area contributed by atoms with Gasteiger partial charge < -0.3 is 19.5 Å². The topological polar surface area (TPSA) is 102 Å². The van der Waals surface area contributed by atoms with E-state index < -0.39 is 24.7 Å². The van der Waals surface area contributed by atoms with Gasteiger partial charge in [0, 0.05) is 10.4 Å². The van der Waals surface area contributed by atoms with Crippen LogP contribution in [-0.2, 0) is 4.65 Å². The molecule has 2 rings (SSSR count). The molecule has 2 N–H and O–H groups in total. The molecule has 0 aliphatic carbocycles. The van der Waals surface area contributed by atoms with Crippen LogP contribution < -0.4 is 10.2 Å². The molecule has 0 radical (unpaired) electrons. The van der Waals surface area contributed by atoms with Crippen LogP contribution in [0.15, 0.2) is 12.1 Å². The van der Waals surface area contributed by atoms with E-state index in [1.54, 1.807) is 6.07 Å². The second-order valence-electron chi connectivity index (χ2n) is 3.94. The van der Waals surface area contributed by atoms with Crippen molar-refractivity contribution in [3.05, 3.63) is 32.8 Å². The van der Waals surface area contributed by atoms with Gasteiger partial charge in [0.1, 0.15) is 18.5 Å². The predicted octanol–water partition coefficient (Wildman–Crippen LogP) is -0.253. The fourth-order valence-corrected chi connectivity index (χ4v) is 2.21. The molecule has 1 atom stereocenters. The van der Waals surface area contributed by atoms with Gasteiger partial charge in [0.2, 0.25) is 6.54 Å². The zero-order valence-electron chi connectivity index (χ0n) is 9.78. The Bertz CT molecular complexity index is 499. The molecule has 1 aromatic rings. The molecule has 0 amide bonds. The lowest BCUT2D eigenvalue weighted by molar-refractivity contribution is -0.490. The average Bonchev–Trinajstić information content (AvgIpc) is 2.64. The van der Waals surface area contributed by atoms with Gasteiger partial charge in [0.05, 0.1) is 11.6 Å². The molecule has 1 heterocycles. The molecule has 1 aliphatic heterocycles. The summed E-state index contributed by atoms with van der Waals surface area (Å²) < 4.78 is 10.4. The van der Waals surface area contributed by atoms with E-state index in [0.717, 1.165) is 0 Å². The van der Waals surface area contributed by atoms with Gasteiger partial charge in [0.15, 0.2) is 0 Å². The second kappa shape index (κ2) is 5.75. The molecule has 19 heavy (non-hydrogen) atoms. The molecule has 0 aromatic heterocycles. The van der Waals surface area contributed by atoms with Crippen LogP contribution in [0.25, 0.3) is 0 Å². The lowest BCUT2D eigenvalue weighted by atomic mass is 9.78. The van der Waals surface area contributed by atoms with E-state index in [4.69, 9.17) is 26.1 Å². The van der Waals surface area contributed by atoms with Gasteiger partial charge in [-0.2, -0.15) is 0 Å². The minimum Gasteiger partial charge on any atom is -0.490 e. The number of halogens is 1. The summed E-state index contributed by atoms with van der Waals surface area (Å²) in [5, 5.41) is 29.4. The number of hydrogen-bond acceptors (Lipinski definition) is 6. The van der Waals surface area contributed by atoms with Crippen LogP contribution in [0, 0.1) is 10.1 Å². The first-order valence-electron chi connectivity index (χ1n) is 5.56. The van der Waals surface area contributed by atoms with E-state index in [0.29, 0.717) is 5.56 Å². The standard InChI is InChI=1S/C10H11BClNO6/c12-7-2-1-6-8(5-13(16)17)19-11(15)9(6)10(7)18-4-3-14/h1-2,8,14-15H,3-5H2. The number of ether oxygens (including phenoxy) is 1. The van der Waals surface area contributed by atoms with E-state index in [-0.39, 0.29) is 29.4 Å². The van der Waals surface area contributed by atoms with E-state index >= 15 is 0 Å². The Morgan fingerprint density at radius 2 is 2.32 bits per heavy atom. The first-order chi connectivity index (χ1) is 9.04. The summed E-state index contributed by atoms with van der Waals surface area (Å²) in [5.41, 5.74) is 0.759. The summed E-state index contributed by atoms with van der Waals surface area (Å²) in [6, 6.07) is 3.08. The summed E-state index contributed by atoms with van der Waals surface area (Å²) in [6.45, 7) is -0.663. The normalized spacial score (nSPS) is 17.4. The highest BCUT2D eigenvalue weighted by atomic mass is 35.5. The van der Waals surface area contributed by atoms with Gasteiger partial charge in [-0.15, -0.1) is 0 Å². The summed E-state index contributed by atoms with van der Waals surface area (Å²) in [5.74, 6) is 0.187. The lowest BCUT2D eigenvalue weighted by Crippen LogP contribution is -2.30.